The zero-order valence-corrected chi connectivity index (χ0v) is 9.69. The third-order valence-corrected chi connectivity index (χ3v) is 3.31. The summed E-state index contributed by atoms with van der Waals surface area (Å²) in [6, 6.07) is 4.19. The van der Waals surface area contributed by atoms with Crippen molar-refractivity contribution in [2.45, 2.75) is 26.3 Å². The summed E-state index contributed by atoms with van der Waals surface area (Å²) in [6.45, 7) is 5.57. The maximum atomic E-state index is 4.70. The van der Waals surface area contributed by atoms with Crippen LogP contribution >= 0.6 is 0 Å². The number of aromatic nitrogens is 2. The van der Waals surface area contributed by atoms with E-state index in [-0.39, 0.29) is 0 Å². The number of aryl methyl sites for hydroxylation is 1. The molecule has 1 saturated heterocycles. The molecule has 3 heterocycles. The highest BCUT2D eigenvalue weighted by molar-refractivity contribution is 5.47. The molecular weight excluding hydrogens is 198 g/mol. The molecule has 84 valence electrons. The first-order valence-electron chi connectivity index (χ1n) is 5.98. The first-order chi connectivity index (χ1) is 7.83. The zero-order valence-electron chi connectivity index (χ0n) is 9.69. The van der Waals surface area contributed by atoms with Crippen molar-refractivity contribution in [1.29, 1.82) is 0 Å². The van der Waals surface area contributed by atoms with Gasteiger partial charge in [0.2, 0.25) is 0 Å². The third kappa shape index (κ3) is 1.71. The molecule has 2 aromatic heterocycles. The number of hydrogen-bond donors (Lipinski definition) is 0. The van der Waals surface area contributed by atoms with Crippen LogP contribution in [0.5, 0.6) is 0 Å². The van der Waals surface area contributed by atoms with Gasteiger partial charge in [0, 0.05) is 18.9 Å². The Kier molecular flexibility index (Phi) is 2.40. The molecule has 0 radical (unpaired) electrons. The predicted octanol–water partition coefficient (Wildman–Crippen LogP) is 2.24. The lowest BCUT2D eigenvalue weighted by atomic mass is 10.3. The fraction of sp³-hybridized carbons (Fsp3) is 0.462. The molecule has 0 amide bonds. The van der Waals surface area contributed by atoms with Crippen molar-refractivity contribution in [3.63, 3.8) is 0 Å². The van der Waals surface area contributed by atoms with Crippen molar-refractivity contribution < 1.29 is 0 Å². The lowest BCUT2D eigenvalue weighted by Gasteiger charge is -2.11. The Labute approximate surface area is 95.7 Å². The molecule has 1 aliphatic rings. The molecule has 0 aromatic carbocycles. The van der Waals surface area contributed by atoms with Crippen molar-refractivity contribution in [2.75, 3.05) is 13.1 Å². The summed E-state index contributed by atoms with van der Waals surface area (Å²) >= 11 is 0. The predicted molar refractivity (Wildman–Crippen MR) is 64.4 cm³/mol. The van der Waals surface area contributed by atoms with Gasteiger partial charge in [-0.2, -0.15) is 0 Å². The van der Waals surface area contributed by atoms with Crippen LogP contribution in [-0.2, 0) is 6.54 Å². The van der Waals surface area contributed by atoms with E-state index in [4.69, 9.17) is 4.98 Å². The number of fused-ring (bicyclic) bond motifs is 1. The number of hydrogen-bond acceptors (Lipinski definition) is 2. The van der Waals surface area contributed by atoms with Gasteiger partial charge in [-0.1, -0.05) is 6.07 Å². The molecule has 16 heavy (non-hydrogen) atoms. The Morgan fingerprint density at radius 1 is 1.31 bits per heavy atom. The number of imidazole rings is 1. The van der Waals surface area contributed by atoms with Crippen LogP contribution in [0.4, 0.5) is 0 Å². The summed E-state index contributed by atoms with van der Waals surface area (Å²) in [5, 5.41) is 0. The summed E-state index contributed by atoms with van der Waals surface area (Å²) in [7, 11) is 0. The quantitative estimate of drug-likeness (QED) is 0.766. The van der Waals surface area contributed by atoms with Crippen LogP contribution in [0, 0.1) is 6.92 Å². The molecule has 2 aromatic rings. The summed E-state index contributed by atoms with van der Waals surface area (Å²) < 4.78 is 2.13. The van der Waals surface area contributed by atoms with Gasteiger partial charge < -0.3 is 4.40 Å². The van der Waals surface area contributed by atoms with Crippen LogP contribution in [-0.4, -0.2) is 27.4 Å². The van der Waals surface area contributed by atoms with E-state index in [9.17, 15) is 0 Å². The minimum absolute atomic E-state index is 1.00. The fourth-order valence-corrected chi connectivity index (χ4v) is 2.45. The van der Waals surface area contributed by atoms with Gasteiger partial charge in [-0.3, -0.25) is 4.90 Å². The number of likely N-dealkylation sites (tertiary alicyclic amines) is 1. The SMILES string of the molecule is Cc1cccn2cc(CN3CCCC3)nc12. The average molecular weight is 215 g/mol. The molecule has 0 bridgehead atoms. The Morgan fingerprint density at radius 2 is 2.12 bits per heavy atom. The molecule has 0 N–H and O–H groups in total. The highest BCUT2D eigenvalue weighted by Crippen LogP contribution is 2.14. The zero-order chi connectivity index (χ0) is 11.0. The Balaban J connectivity index is 1.90. The Morgan fingerprint density at radius 3 is 2.88 bits per heavy atom. The molecular formula is C13H17N3. The maximum absolute atomic E-state index is 4.70. The van der Waals surface area contributed by atoms with Crippen molar-refractivity contribution in [3.8, 4) is 0 Å². The average Bonchev–Trinajstić information content (AvgIpc) is 2.88. The molecule has 1 aliphatic heterocycles. The van der Waals surface area contributed by atoms with Crippen LogP contribution in [0.15, 0.2) is 24.5 Å². The van der Waals surface area contributed by atoms with Crippen LogP contribution in [0.25, 0.3) is 5.65 Å². The Bertz CT molecular complexity index is 495. The van der Waals surface area contributed by atoms with Crippen molar-refractivity contribution in [2.24, 2.45) is 0 Å². The van der Waals surface area contributed by atoms with Gasteiger partial charge in [-0.15, -0.1) is 0 Å². The second kappa shape index (κ2) is 3.91. The monoisotopic (exact) mass is 215 g/mol. The van der Waals surface area contributed by atoms with Gasteiger partial charge in [-0.25, -0.2) is 4.98 Å². The molecule has 0 aliphatic carbocycles. The summed E-state index contributed by atoms with van der Waals surface area (Å²) in [6.07, 6.45) is 6.91. The fourth-order valence-electron chi connectivity index (χ4n) is 2.45. The van der Waals surface area contributed by atoms with Gasteiger partial charge in [-0.05, 0) is 44.5 Å². The lowest BCUT2D eigenvalue weighted by molar-refractivity contribution is 0.328. The molecule has 0 saturated carbocycles. The van der Waals surface area contributed by atoms with E-state index < -0.39 is 0 Å². The molecule has 3 heteroatoms. The van der Waals surface area contributed by atoms with Crippen LogP contribution in [0.1, 0.15) is 24.1 Å². The van der Waals surface area contributed by atoms with Crippen LogP contribution in [0.3, 0.4) is 0 Å². The first-order valence-corrected chi connectivity index (χ1v) is 5.98. The van der Waals surface area contributed by atoms with Crippen LogP contribution < -0.4 is 0 Å². The smallest absolute Gasteiger partial charge is 0.139 e. The minimum Gasteiger partial charge on any atom is -0.307 e. The van der Waals surface area contributed by atoms with E-state index in [1.54, 1.807) is 0 Å². The largest absolute Gasteiger partial charge is 0.307 e. The van der Waals surface area contributed by atoms with Gasteiger partial charge in [0.25, 0.3) is 0 Å². The number of pyridine rings is 1. The van der Waals surface area contributed by atoms with E-state index in [0.717, 1.165) is 12.2 Å². The van der Waals surface area contributed by atoms with E-state index in [1.807, 2.05) is 0 Å². The molecule has 3 rings (SSSR count). The standard InChI is InChI=1S/C13H17N3/c1-11-5-4-8-16-10-12(14-13(11)16)9-15-6-2-3-7-15/h4-5,8,10H,2-3,6-7,9H2,1H3. The van der Waals surface area contributed by atoms with Crippen molar-refractivity contribution in [3.05, 3.63) is 35.8 Å². The lowest BCUT2D eigenvalue weighted by Crippen LogP contribution is -2.18. The highest BCUT2D eigenvalue weighted by Gasteiger charge is 2.13. The van der Waals surface area contributed by atoms with Crippen molar-refractivity contribution >= 4 is 5.65 Å². The summed E-state index contributed by atoms with van der Waals surface area (Å²) in [5.74, 6) is 0. The van der Waals surface area contributed by atoms with Crippen LogP contribution in [0.2, 0.25) is 0 Å². The van der Waals surface area contributed by atoms with E-state index in [1.165, 1.54) is 37.2 Å². The molecule has 1 fully saturated rings. The molecule has 0 spiro atoms. The summed E-state index contributed by atoms with van der Waals surface area (Å²) in [4.78, 5) is 7.18. The van der Waals surface area contributed by atoms with Gasteiger partial charge in [0.05, 0.1) is 5.69 Å². The molecule has 3 nitrogen and oxygen atoms in total. The third-order valence-electron chi connectivity index (χ3n) is 3.31. The van der Waals surface area contributed by atoms with E-state index >= 15 is 0 Å². The Hall–Kier alpha value is -1.35. The number of nitrogens with zero attached hydrogens (tertiary/aromatic N) is 3. The van der Waals surface area contributed by atoms with Crippen molar-refractivity contribution in [1.82, 2.24) is 14.3 Å². The van der Waals surface area contributed by atoms with Gasteiger partial charge in [0.1, 0.15) is 5.65 Å². The van der Waals surface area contributed by atoms with E-state index in [2.05, 4.69) is 40.8 Å². The first kappa shape index (κ1) is 9.85. The second-order valence-corrected chi connectivity index (χ2v) is 4.64. The van der Waals surface area contributed by atoms with E-state index in [0.29, 0.717) is 0 Å². The second-order valence-electron chi connectivity index (χ2n) is 4.64. The normalized spacial score (nSPS) is 17.3. The molecule has 0 atom stereocenters. The summed E-state index contributed by atoms with van der Waals surface area (Å²) in [5.41, 5.74) is 3.53. The minimum atomic E-state index is 1.00. The number of rotatable bonds is 2. The maximum Gasteiger partial charge on any atom is 0.139 e. The van der Waals surface area contributed by atoms with Gasteiger partial charge >= 0.3 is 0 Å². The highest BCUT2D eigenvalue weighted by atomic mass is 15.2. The molecule has 0 unspecified atom stereocenters. The topological polar surface area (TPSA) is 20.5 Å². The van der Waals surface area contributed by atoms with Gasteiger partial charge in [0.15, 0.2) is 0 Å².